The van der Waals surface area contributed by atoms with Crippen LogP contribution in [-0.4, -0.2) is 30.5 Å². The molecule has 116 valence electrons. The summed E-state index contributed by atoms with van der Waals surface area (Å²) in [5.74, 6) is 0.638. The molecule has 2 heterocycles. The van der Waals surface area contributed by atoms with Crippen LogP contribution in [0.15, 0.2) is 6.07 Å². The van der Waals surface area contributed by atoms with Crippen molar-refractivity contribution in [1.29, 1.82) is 0 Å². The molecule has 1 aromatic heterocycles. The summed E-state index contributed by atoms with van der Waals surface area (Å²) in [5, 5.41) is 2.92. The van der Waals surface area contributed by atoms with Crippen molar-refractivity contribution in [2.24, 2.45) is 11.7 Å². The molecule has 5 heteroatoms. The normalized spacial score (nSPS) is 16.1. The number of nitrogens with zero attached hydrogens (tertiary/aromatic N) is 2. The summed E-state index contributed by atoms with van der Waals surface area (Å²) in [6.07, 6.45) is 2.20. The Balaban J connectivity index is 2.03. The first-order valence-corrected chi connectivity index (χ1v) is 7.67. The second-order valence-corrected chi connectivity index (χ2v) is 5.92. The second kappa shape index (κ2) is 6.89. The Morgan fingerprint density at radius 3 is 2.67 bits per heavy atom. The molecule has 0 spiro atoms. The third-order valence-corrected chi connectivity index (χ3v) is 4.23. The summed E-state index contributed by atoms with van der Waals surface area (Å²) in [6, 6.07) is 2.14. The summed E-state index contributed by atoms with van der Waals surface area (Å²) in [7, 11) is 0. The number of carbonyl (C=O) groups excluding carboxylic acids is 1. The highest BCUT2D eigenvalue weighted by Gasteiger charge is 2.22. The van der Waals surface area contributed by atoms with Crippen LogP contribution in [0.25, 0.3) is 0 Å². The van der Waals surface area contributed by atoms with Crippen molar-refractivity contribution in [3.8, 4) is 0 Å². The molecular formula is C16H26N4O. The molecular weight excluding hydrogens is 264 g/mol. The minimum absolute atomic E-state index is 0.0585. The molecule has 0 aromatic carbocycles. The van der Waals surface area contributed by atoms with E-state index in [4.69, 9.17) is 5.73 Å². The lowest BCUT2D eigenvalue weighted by Gasteiger charge is -2.35. The van der Waals surface area contributed by atoms with Gasteiger partial charge in [-0.1, -0.05) is 0 Å². The maximum absolute atomic E-state index is 11.0. The van der Waals surface area contributed by atoms with Crippen molar-refractivity contribution >= 4 is 11.6 Å². The van der Waals surface area contributed by atoms with Gasteiger partial charge in [0.2, 0.25) is 5.91 Å². The highest BCUT2D eigenvalue weighted by molar-refractivity contribution is 5.72. The van der Waals surface area contributed by atoms with Gasteiger partial charge in [0.25, 0.3) is 0 Å². The smallest absolute Gasteiger partial charge is 0.216 e. The van der Waals surface area contributed by atoms with Crippen molar-refractivity contribution in [3.05, 3.63) is 23.0 Å². The van der Waals surface area contributed by atoms with Gasteiger partial charge in [0.1, 0.15) is 0 Å². The van der Waals surface area contributed by atoms with E-state index in [1.165, 1.54) is 5.69 Å². The molecule has 1 aliphatic rings. The van der Waals surface area contributed by atoms with Crippen LogP contribution in [0.3, 0.4) is 0 Å². The van der Waals surface area contributed by atoms with Crippen LogP contribution in [0.4, 0.5) is 5.69 Å². The highest BCUT2D eigenvalue weighted by atomic mass is 16.1. The lowest BCUT2D eigenvalue weighted by Crippen LogP contribution is -2.38. The Bertz CT molecular complexity index is 507. The molecule has 0 bridgehead atoms. The van der Waals surface area contributed by atoms with E-state index >= 15 is 0 Å². The number of anilines is 1. The predicted octanol–water partition coefficient (Wildman–Crippen LogP) is 1.51. The average molecular weight is 290 g/mol. The fourth-order valence-corrected chi connectivity index (χ4v) is 3.04. The van der Waals surface area contributed by atoms with E-state index < -0.39 is 0 Å². The van der Waals surface area contributed by atoms with E-state index in [0.717, 1.165) is 49.4 Å². The van der Waals surface area contributed by atoms with E-state index in [0.29, 0.717) is 12.5 Å². The van der Waals surface area contributed by atoms with Crippen molar-refractivity contribution in [3.63, 3.8) is 0 Å². The van der Waals surface area contributed by atoms with Crippen LogP contribution in [-0.2, 0) is 11.3 Å². The van der Waals surface area contributed by atoms with Gasteiger partial charge >= 0.3 is 0 Å². The zero-order valence-corrected chi connectivity index (χ0v) is 13.3. The van der Waals surface area contributed by atoms with Crippen LogP contribution >= 0.6 is 0 Å². The molecule has 5 nitrogen and oxygen atoms in total. The van der Waals surface area contributed by atoms with Crippen LogP contribution in [0.1, 0.15) is 36.7 Å². The summed E-state index contributed by atoms with van der Waals surface area (Å²) in [4.78, 5) is 17.9. The summed E-state index contributed by atoms with van der Waals surface area (Å²) in [6.45, 7) is 8.98. The third kappa shape index (κ3) is 3.94. The van der Waals surface area contributed by atoms with Crippen molar-refractivity contribution < 1.29 is 4.79 Å². The first-order chi connectivity index (χ1) is 10.0. The minimum Gasteiger partial charge on any atom is -0.371 e. The monoisotopic (exact) mass is 290 g/mol. The second-order valence-electron chi connectivity index (χ2n) is 5.92. The first kappa shape index (κ1) is 15.8. The quantitative estimate of drug-likeness (QED) is 0.882. The number of nitrogens with two attached hydrogens (primary N) is 1. The van der Waals surface area contributed by atoms with Gasteiger partial charge in [0, 0.05) is 55.7 Å². The Morgan fingerprint density at radius 1 is 1.43 bits per heavy atom. The molecule has 0 radical (unpaired) electrons. The van der Waals surface area contributed by atoms with E-state index in [1.807, 2.05) is 13.8 Å². The molecule has 1 aromatic rings. The molecule has 3 N–H and O–H groups in total. The van der Waals surface area contributed by atoms with Gasteiger partial charge in [-0.2, -0.15) is 0 Å². The lowest BCUT2D eigenvalue weighted by molar-refractivity contribution is -0.119. The number of nitrogens with one attached hydrogen (secondary N) is 1. The van der Waals surface area contributed by atoms with E-state index in [1.54, 1.807) is 6.92 Å². The molecule has 0 saturated carbocycles. The van der Waals surface area contributed by atoms with E-state index in [2.05, 4.69) is 21.3 Å². The number of hydrogen-bond acceptors (Lipinski definition) is 4. The van der Waals surface area contributed by atoms with Gasteiger partial charge in [-0.15, -0.1) is 0 Å². The third-order valence-electron chi connectivity index (χ3n) is 4.23. The largest absolute Gasteiger partial charge is 0.371 e. The minimum atomic E-state index is 0.0585. The molecule has 1 saturated heterocycles. The molecule has 1 amide bonds. The molecule has 0 atom stereocenters. The molecule has 0 unspecified atom stereocenters. The van der Waals surface area contributed by atoms with Gasteiger partial charge in [-0.3, -0.25) is 9.78 Å². The summed E-state index contributed by atoms with van der Waals surface area (Å²) in [5.41, 5.74) is 10.4. The Labute approximate surface area is 126 Å². The van der Waals surface area contributed by atoms with Crippen molar-refractivity contribution in [2.45, 2.75) is 40.2 Å². The van der Waals surface area contributed by atoms with Crippen molar-refractivity contribution in [1.82, 2.24) is 10.3 Å². The Hall–Kier alpha value is -1.62. The molecule has 2 rings (SSSR count). The van der Waals surface area contributed by atoms with Crippen LogP contribution in [0.5, 0.6) is 0 Å². The number of carbonyl (C=O) groups is 1. The van der Waals surface area contributed by atoms with Gasteiger partial charge in [-0.25, -0.2) is 0 Å². The first-order valence-electron chi connectivity index (χ1n) is 7.67. The number of aryl methyl sites for hydroxylation is 2. The Kier molecular flexibility index (Phi) is 5.17. The fourth-order valence-electron chi connectivity index (χ4n) is 3.04. The van der Waals surface area contributed by atoms with E-state index in [-0.39, 0.29) is 5.91 Å². The Morgan fingerprint density at radius 2 is 2.10 bits per heavy atom. The highest BCUT2D eigenvalue weighted by Crippen LogP contribution is 2.28. The number of pyridine rings is 1. The van der Waals surface area contributed by atoms with E-state index in [9.17, 15) is 4.79 Å². The fraction of sp³-hybridized carbons (Fsp3) is 0.625. The van der Waals surface area contributed by atoms with Gasteiger partial charge < -0.3 is 16.0 Å². The van der Waals surface area contributed by atoms with Crippen LogP contribution in [0.2, 0.25) is 0 Å². The maximum atomic E-state index is 11.0. The zero-order chi connectivity index (χ0) is 15.4. The zero-order valence-electron chi connectivity index (χ0n) is 13.3. The van der Waals surface area contributed by atoms with Gasteiger partial charge in [0.05, 0.1) is 0 Å². The molecule has 1 fully saturated rings. The lowest BCUT2D eigenvalue weighted by atomic mass is 9.95. The number of rotatable bonds is 4. The number of piperidine rings is 1. The predicted molar refractivity (Wildman–Crippen MR) is 85.2 cm³/mol. The standard InChI is InChI=1S/C16H26N4O/c1-11-8-16(15(9-17)12(2)19-11)20-6-4-14(5-7-20)10-18-13(3)21/h8,14H,4-7,9-10,17H2,1-3H3,(H,18,21). The van der Waals surface area contributed by atoms with Gasteiger partial charge in [-0.05, 0) is 38.7 Å². The SMILES string of the molecule is CC(=O)NCC1CCN(c2cc(C)nc(C)c2CN)CC1. The van der Waals surface area contributed by atoms with Gasteiger partial charge in [0.15, 0.2) is 0 Å². The van der Waals surface area contributed by atoms with Crippen LogP contribution in [0, 0.1) is 19.8 Å². The molecule has 1 aliphatic heterocycles. The number of hydrogen-bond donors (Lipinski definition) is 2. The summed E-state index contributed by atoms with van der Waals surface area (Å²) >= 11 is 0. The molecule has 0 aliphatic carbocycles. The average Bonchev–Trinajstić information content (AvgIpc) is 2.45. The number of amides is 1. The maximum Gasteiger partial charge on any atom is 0.216 e. The van der Waals surface area contributed by atoms with Crippen LogP contribution < -0.4 is 16.0 Å². The van der Waals surface area contributed by atoms with Crippen molar-refractivity contribution in [2.75, 3.05) is 24.5 Å². The summed E-state index contributed by atoms with van der Waals surface area (Å²) < 4.78 is 0. The molecule has 21 heavy (non-hydrogen) atoms. The topological polar surface area (TPSA) is 71.2 Å². The number of aromatic nitrogens is 1.